The third-order valence-corrected chi connectivity index (χ3v) is 5.30. The summed E-state index contributed by atoms with van der Waals surface area (Å²) in [4.78, 5) is -0.284. The fraction of sp³-hybridized carbons (Fsp3) is 0.500. The molecule has 0 radical (unpaired) electrons. The molecule has 1 aliphatic rings. The zero-order valence-electron chi connectivity index (χ0n) is 10.3. The van der Waals surface area contributed by atoms with Crippen molar-refractivity contribution in [1.82, 2.24) is 4.31 Å². The van der Waals surface area contributed by atoms with Gasteiger partial charge in [0, 0.05) is 18.8 Å². The second kappa shape index (κ2) is 4.85. The number of halogens is 1. The van der Waals surface area contributed by atoms with Crippen molar-refractivity contribution < 1.29 is 12.8 Å². The van der Waals surface area contributed by atoms with Crippen molar-refractivity contribution in [2.45, 2.75) is 24.7 Å². The van der Waals surface area contributed by atoms with Crippen molar-refractivity contribution in [3.63, 3.8) is 0 Å². The highest BCUT2D eigenvalue weighted by atomic mass is 32.2. The van der Waals surface area contributed by atoms with E-state index < -0.39 is 15.8 Å². The minimum Gasteiger partial charge on any atom is -0.399 e. The summed E-state index contributed by atoms with van der Waals surface area (Å²) in [5, 5.41) is 0. The molecule has 6 heteroatoms. The molecule has 2 rings (SSSR count). The molecule has 0 saturated carbocycles. The van der Waals surface area contributed by atoms with Gasteiger partial charge >= 0.3 is 0 Å². The predicted molar refractivity (Wildman–Crippen MR) is 68.0 cm³/mol. The molecule has 2 N–H and O–H groups in total. The van der Waals surface area contributed by atoms with E-state index in [1.807, 2.05) is 6.92 Å². The second-order valence-corrected chi connectivity index (χ2v) is 6.52. The maximum atomic E-state index is 13.7. The van der Waals surface area contributed by atoms with Crippen LogP contribution in [0.5, 0.6) is 0 Å². The molecular formula is C12H17FN2O2S. The Labute approximate surface area is 107 Å². The minimum absolute atomic E-state index is 0.222. The molecule has 1 fully saturated rings. The standard InChI is InChI=1S/C12H17FN2O2S/c1-2-9-5-6-15(8-9)18(16,17)12-4-3-10(14)7-11(12)13/h3-4,7,9H,2,5-6,8,14H2,1H3. The van der Waals surface area contributed by atoms with Crippen molar-refractivity contribution in [3.05, 3.63) is 24.0 Å². The van der Waals surface area contributed by atoms with E-state index in [4.69, 9.17) is 5.73 Å². The summed E-state index contributed by atoms with van der Waals surface area (Å²) < 4.78 is 39.6. The molecule has 1 heterocycles. The summed E-state index contributed by atoms with van der Waals surface area (Å²) in [6, 6.07) is 3.68. The van der Waals surface area contributed by atoms with Crippen LogP contribution < -0.4 is 5.73 Å². The Kier molecular flexibility index (Phi) is 3.59. The number of hydrogen-bond donors (Lipinski definition) is 1. The molecule has 1 aliphatic heterocycles. The quantitative estimate of drug-likeness (QED) is 0.854. The van der Waals surface area contributed by atoms with Gasteiger partial charge in [-0.2, -0.15) is 4.31 Å². The fourth-order valence-corrected chi connectivity index (χ4v) is 3.79. The van der Waals surface area contributed by atoms with Gasteiger partial charge in [0.2, 0.25) is 10.0 Å². The Bertz CT molecular complexity index is 545. The van der Waals surface area contributed by atoms with Gasteiger partial charge in [-0.1, -0.05) is 13.3 Å². The maximum absolute atomic E-state index is 13.7. The Hall–Kier alpha value is -1.14. The van der Waals surface area contributed by atoms with Crippen molar-refractivity contribution in [2.75, 3.05) is 18.8 Å². The summed E-state index contributed by atoms with van der Waals surface area (Å²) in [6.07, 6.45) is 1.78. The third-order valence-electron chi connectivity index (χ3n) is 3.40. The lowest BCUT2D eigenvalue weighted by Crippen LogP contribution is -2.29. The molecule has 0 spiro atoms. The van der Waals surface area contributed by atoms with E-state index in [1.54, 1.807) is 0 Å². The molecule has 0 aromatic heterocycles. The van der Waals surface area contributed by atoms with Gasteiger partial charge in [-0.05, 0) is 30.5 Å². The Morgan fingerprint density at radius 2 is 2.22 bits per heavy atom. The first-order valence-corrected chi connectivity index (χ1v) is 7.44. The molecule has 1 unspecified atom stereocenters. The van der Waals surface area contributed by atoms with Crippen LogP contribution in [0.15, 0.2) is 23.1 Å². The average molecular weight is 272 g/mol. The van der Waals surface area contributed by atoms with Gasteiger partial charge in [0.05, 0.1) is 0 Å². The summed E-state index contributed by atoms with van der Waals surface area (Å²) in [7, 11) is -3.73. The summed E-state index contributed by atoms with van der Waals surface area (Å²) in [6.45, 7) is 2.97. The van der Waals surface area contributed by atoms with Crippen LogP contribution in [-0.2, 0) is 10.0 Å². The summed E-state index contributed by atoms with van der Waals surface area (Å²) in [5.74, 6) is -0.411. The molecule has 100 valence electrons. The molecule has 1 aromatic rings. The number of benzene rings is 1. The first-order chi connectivity index (χ1) is 8.45. The number of hydrogen-bond acceptors (Lipinski definition) is 3. The number of nitrogens with zero attached hydrogens (tertiary/aromatic N) is 1. The van der Waals surface area contributed by atoms with Crippen LogP contribution in [0.1, 0.15) is 19.8 Å². The lowest BCUT2D eigenvalue weighted by atomic mass is 10.1. The van der Waals surface area contributed by atoms with Crippen molar-refractivity contribution in [1.29, 1.82) is 0 Å². The van der Waals surface area contributed by atoms with Gasteiger partial charge in [-0.25, -0.2) is 12.8 Å². The van der Waals surface area contributed by atoms with Crippen LogP contribution in [0.4, 0.5) is 10.1 Å². The molecule has 1 saturated heterocycles. The van der Waals surface area contributed by atoms with Crippen LogP contribution in [0.3, 0.4) is 0 Å². The van der Waals surface area contributed by atoms with Crippen molar-refractivity contribution in [3.8, 4) is 0 Å². The third kappa shape index (κ3) is 2.35. The van der Waals surface area contributed by atoms with E-state index in [-0.39, 0.29) is 10.6 Å². The largest absolute Gasteiger partial charge is 0.399 e. The Balaban J connectivity index is 2.31. The van der Waals surface area contributed by atoms with Gasteiger partial charge in [0.15, 0.2) is 0 Å². The molecule has 0 aliphatic carbocycles. The van der Waals surface area contributed by atoms with Crippen molar-refractivity contribution >= 4 is 15.7 Å². The summed E-state index contributed by atoms with van der Waals surface area (Å²) >= 11 is 0. The second-order valence-electron chi connectivity index (χ2n) is 4.62. The highest BCUT2D eigenvalue weighted by Crippen LogP contribution is 2.27. The van der Waals surface area contributed by atoms with Gasteiger partial charge in [0.25, 0.3) is 0 Å². The molecule has 4 nitrogen and oxygen atoms in total. The van der Waals surface area contributed by atoms with Gasteiger partial charge in [0.1, 0.15) is 10.7 Å². The zero-order chi connectivity index (χ0) is 13.3. The maximum Gasteiger partial charge on any atom is 0.245 e. The lowest BCUT2D eigenvalue weighted by Gasteiger charge is -2.17. The molecule has 1 atom stereocenters. The first-order valence-electron chi connectivity index (χ1n) is 6.00. The van der Waals surface area contributed by atoms with E-state index >= 15 is 0 Å². The van der Waals surface area contributed by atoms with Crippen LogP contribution in [-0.4, -0.2) is 25.8 Å². The smallest absolute Gasteiger partial charge is 0.245 e. The monoisotopic (exact) mass is 272 g/mol. The van der Waals surface area contributed by atoms with E-state index in [1.165, 1.54) is 16.4 Å². The number of nitrogen functional groups attached to an aromatic ring is 1. The first kappa shape index (κ1) is 13.3. The number of anilines is 1. The van der Waals surface area contributed by atoms with E-state index in [9.17, 15) is 12.8 Å². The van der Waals surface area contributed by atoms with Crippen LogP contribution >= 0.6 is 0 Å². The molecule has 18 heavy (non-hydrogen) atoms. The normalized spacial score (nSPS) is 21.3. The summed E-state index contributed by atoms with van der Waals surface area (Å²) in [5.41, 5.74) is 5.64. The fourth-order valence-electron chi connectivity index (χ4n) is 2.21. The van der Waals surface area contributed by atoms with E-state index in [0.29, 0.717) is 19.0 Å². The number of nitrogens with two attached hydrogens (primary N) is 1. The van der Waals surface area contributed by atoms with Crippen molar-refractivity contribution in [2.24, 2.45) is 5.92 Å². The Morgan fingerprint density at radius 1 is 1.50 bits per heavy atom. The van der Waals surface area contributed by atoms with Crippen LogP contribution in [0, 0.1) is 11.7 Å². The zero-order valence-corrected chi connectivity index (χ0v) is 11.1. The van der Waals surface area contributed by atoms with Gasteiger partial charge < -0.3 is 5.73 Å². The Morgan fingerprint density at radius 3 is 2.78 bits per heavy atom. The van der Waals surface area contributed by atoms with Gasteiger partial charge in [-0.3, -0.25) is 0 Å². The van der Waals surface area contributed by atoms with Gasteiger partial charge in [-0.15, -0.1) is 0 Å². The van der Waals surface area contributed by atoms with Crippen LogP contribution in [0.2, 0.25) is 0 Å². The molecule has 1 aromatic carbocycles. The average Bonchev–Trinajstić information content (AvgIpc) is 2.77. The lowest BCUT2D eigenvalue weighted by molar-refractivity contribution is 0.448. The molecule has 0 amide bonds. The minimum atomic E-state index is -3.73. The van der Waals surface area contributed by atoms with E-state index in [0.717, 1.165) is 18.9 Å². The SMILES string of the molecule is CCC1CCN(S(=O)(=O)c2ccc(N)cc2F)C1. The highest BCUT2D eigenvalue weighted by molar-refractivity contribution is 7.89. The topological polar surface area (TPSA) is 63.4 Å². The molecule has 0 bridgehead atoms. The number of rotatable bonds is 3. The molecular weight excluding hydrogens is 255 g/mol. The van der Waals surface area contributed by atoms with E-state index in [2.05, 4.69) is 0 Å². The predicted octanol–water partition coefficient (Wildman–Crippen LogP) is 1.83. The highest BCUT2D eigenvalue weighted by Gasteiger charge is 2.33. The number of sulfonamides is 1. The van der Waals surface area contributed by atoms with Crippen LogP contribution in [0.25, 0.3) is 0 Å².